The molecule has 0 spiro atoms. The van der Waals surface area contributed by atoms with E-state index in [2.05, 4.69) is 4.98 Å². The summed E-state index contributed by atoms with van der Waals surface area (Å²) in [7, 11) is 3.08. The molecule has 1 N–H and O–H groups in total. The second-order valence-corrected chi connectivity index (χ2v) is 3.82. The van der Waals surface area contributed by atoms with Gasteiger partial charge in [0.25, 0.3) is 0 Å². The highest BCUT2D eigenvalue weighted by molar-refractivity contribution is 5.96. The molecule has 0 saturated heterocycles. The first-order chi connectivity index (χ1) is 8.58. The van der Waals surface area contributed by atoms with Gasteiger partial charge in [-0.3, -0.25) is 0 Å². The Morgan fingerprint density at radius 3 is 2.39 bits per heavy atom. The van der Waals surface area contributed by atoms with E-state index in [9.17, 15) is 4.79 Å². The minimum atomic E-state index is -1.06. The molecule has 1 aromatic carbocycles. The van der Waals surface area contributed by atoms with Gasteiger partial charge in [-0.15, -0.1) is 0 Å². The van der Waals surface area contributed by atoms with Gasteiger partial charge in [-0.1, -0.05) is 0 Å². The molecule has 0 radical (unpaired) electrons. The molecule has 1 heterocycles. The van der Waals surface area contributed by atoms with Crippen LogP contribution in [0.3, 0.4) is 0 Å². The molecule has 0 fully saturated rings. The van der Waals surface area contributed by atoms with E-state index >= 15 is 0 Å². The molecule has 18 heavy (non-hydrogen) atoms. The van der Waals surface area contributed by atoms with Crippen molar-refractivity contribution in [2.45, 2.75) is 6.92 Å². The van der Waals surface area contributed by atoms with E-state index < -0.39 is 5.97 Å². The largest absolute Gasteiger partial charge is 0.496 e. The normalized spacial score (nSPS) is 10.4. The topological polar surface area (TPSA) is 68.7 Å². The summed E-state index contributed by atoms with van der Waals surface area (Å²) in [5, 5.41) is 9.79. The number of fused-ring (bicyclic) bond motifs is 1. The Morgan fingerprint density at radius 2 is 1.83 bits per heavy atom. The summed E-state index contributed by atoms with van der Waals surface area (Å²) < 4.78 is 10.5. The SMILES string of the molecule is COc1ccc(OC)c2c(C)cc(C(=O)O)nc12. The highest BCUT2D eigenvalue weighted by atomic mass is 16.5. The van der Waals surface area contributed by atoms with Crippen molar-refractivity contribution in [3.8, 4) is 11.5 Å². The predicted molar refractivity (Wildman–Crippen MR) is 66.5 cm³/mol. The number of carboxylic acids is 1. The average Bonchev–Trinajstić information content (AvgIpc) is 2.37. The molecule has 2 aromatic rings. The second-order valence-electron chi connectivity index (χ2n) is 3.82. The standard InChI is InChI=1S/C13H13NO4/c1-7-6-8(13(15)16)14-12-10(18-3)5-4-9(17-2)11(7)12/h4-6H,1-3H3,(H,15,16). The minimum absolute atomic E-state index is 0.00782. The molecule has 0 aliphatic carbocycles. The highest BCUT2D eigenvalue weighted by Crippen LogP contribution is 2.34. The van der Waals surface area contributed by atoms with Gasteiger partial charge in [0, 0.05) is 5.39 Å². The Kier molecular flexibility index (Phi) is 3.06. The lowest BCUT2D eigenvalue weighted by Crippen LogP contribution is -2.03. The van der Waals surface area contributed by atoms with Crippen LogP contribution in [-0.2, 0) is 0 Å². The average molecular weight is 247 g/mol. The minimum Gasteiger partial charge on any atom is -0.496 e. The Labute approximate surface area is 104 Å². The van der Waals surface area contributed by atoms with Crippen molar-refractivity contribution in [1.29, 1.82) is 0 Å². The zero-order valence-electron chi connectivity index (χ0n) is 10.4. The molecular formula is C13H13NO4. The van der Waals surface area contributed by atoms with Gasteiger partial charge < -0.3 is 14.6 Å². The fourth-order valence-corrected chi connectivity index (χ4v) is 1.92. The summed E-state index contributed by atoms with van der Waals surface area (Å²) in [4.78, 5) is 15.1. The van der Waals surface area contributed by atoms with Crippen LogP contribution in [0.15, 0.2) is 18.2 Å². The van der Waals surface area contributed by atoms with Crippen molar-refractivity contribution in [3.05, 3.63) is 29.5 Å². The maximum atomic E-state index is 11.0. The van der Waals surface area contributed by atoms with Crippen LogP contribution in [0.1, 0.15) is 16.1 Å². The van der Waals surface area contributed by atoms with E-state index in [4.69, 9.17) is 14.6 Å². The highest BCUT2D eigenvalue weighted by Gasteiger charge is 2.15. The molecule has 0 aliphatic heterocycles. The number of aromatic nitrogens is 1. The smallest absolute Gasteiger partial charge is 0.354 e. The van der Waals surface area contributed by atoms with E-state index in [-0.39, 0.29) is 5.69 Å². The molecule has 2 rings (SSSR count). The number of benzene rings is 1. The predicted octanol–water partition coefficient (Wildman–Crippen LogP) is 2.26. The first kappa shape index (κ1) is 12.2. The Hall–Kier alpha value is -2.30. The number of hydrogen-bond donors (Lipinski definition) is 1. The van der Waals surface area contributed by atoms with Gasteiger partial charge in [-0.2, -0.15) is 0 Å². The van der Waals surface area contributed by atoms with Crippen LogP contribution in [0, 0.1) is 6.92 Å². The Morgan fingerprint density at radius 1 is 1.22 bits per heavy atom. The van der Waals surface area contributed by atoms with E-state index in [0.29, 0.717) is 17.0 Å². The molecule has 1 aromatic heterocycles. The summed E-state index contributed by atoms with van der Waals surface area (Å²) in [6, 6.07) is 5.00. The molecule has 0 unspecified atom stereocenters. The third-order valence-corrected chi connectivity index (χ3v) is 2.74. The van der Waals surface area contributed by atoms with Gasteiger partial charge in [0.1, 0.15) is 22.7 Å². The first-order valence-electron chi connectivity index (χ1n) is 5.34. The van der Waals surface area contributed by atoms with Gasteiger partial charge in [0.15, 0.2) is 0 Å². The molecule has 0 bridgehead atoms. The Balaban J connectivity index is 2.88. The quantitative estimate of drug-likeness (QED) is 0.900. The zero-order chi connectivity index (χ0) is 13.3. The number of nitrogens with zero attached hydrogens (tertiary/aromatic N) is 1. The van der Waals surface area contributed by atoms with Crippen molar-refractivity contribution < 1.29 is 19.4 Å². The number of ether oxygens (including phenoxy) is 2. The number of hydrogen-bond acceptors (Lipinski definition) is 4. The van der Waals surface area contributed by atoms with Crippen LogP contribution in [0.4, 0.5) is 0 Å². The van der Waals surface area contributed by atoms with Gasteiger partial charge in [0.05, 0.1) is 14.2 Å². The van der Waals surface area contributed by atoms with Crippen LogP contribution in [-0.4, -0.2) is 30.3 Å². The van der Waals surface area contributed by atoms with Gasteiger partial charge in [-0.25, -0.2) is 9.78 Å². The summed E-state index contributed by atoms with van der Waals surface area (Å²) >= 11 is 0. The van der Waals surface area contributed by atoms with E-state index in [0.717, 1.165) is 10.9 Å². The maximum Gasteiger partial charge on any atom is 0.354 e. The summed E-state index contributed by atoms with van der Waals surface area (Å²) in [6.07, 6.45) is 0. The fraction of sp³-hybridized carbons (Fsp3) is 0.231. The number of carbonyl (C=O) groups is 1. The number of carboxylic acid groups (broad SMARTS) is 1. The van der Waals surface area contributed by atoms with E-state index in [1.807, 2.05) is 6.92 Å². The lowest BCUT2D eigenvalue weighted by molar-refractivity contribution is 0.0691. The van der Waals surface area contributed by atoms with Crippen LogP contribution < -0.4 is 9.47 Å². The van der Waals surface area contributed by atoms with Gasteiger partial charge in [0.2, 0.25) is 0 Å². The summed E-state index contributed by atoms with van der Waals surface area (Å²) in [5.74, 6) is 0.106. The first-order valence-corrected chi connectivity index (χ1v) is 5.34. The molecule has 94 valence electrons. The zero-order valence-corrected chi connectivity index (χ0v) is 10.4. The summed E-state index contributed by atoms with van der Waals surface area (Å²) in [6.45, 7) is 1.82. The molecular weight excluding hydrogens is 234 g/mol. The lowest BCUT2D eigenvalue weighted by Gasteiger charge is -2.11. The lowest BCUT2D eigenvalue weighted by atomic mass is 10.1. The van der Waals surface area contributed by atoms with Crippen LogP contribution in [0.25, 0.3) is 10.9 Å². The maximum absolute atomic E-state index is 11.0. The Bertz CT molecular complexity index is 622. The summed E-state index contributed by atoms with van der Waals surface area (Å²) in [5.41, 5.74) is 1.27. The fourth-order valence-electron chi connectivity index (χ4n) is 1.92. The van der Waals surface area contributed by atoms with Gasteiger partial charge in [-0.05, 0) is 30.7 Å². The third kappa shape index (κ3) is 1.84. The number of aromatic carboxylic acids is 1. The molecule has 0 atom stereocenters. The van der Waals surface area contributed by atoms with Crippen molar-refractivity contribution >= 4 is 16.9 Å². The third-order valence-electron chi connectivity index (χ3n) is 2.74. The molecule has 0 saturated carbocycles. The van der Waals surface area contributed by atoms with Gasteiger partial charge >= 0.3 is 5.97 Å². The van der Waals surface area contributed by atoms with Crippen LogP contribution in [0.2, 0.25) is 0 Å². The van der Waals surface area contributed by atoms with Crippen LogP contribution in [0.5, 0.6) is 11.5 Å². The molecule has 0 aliphatic rings. The number of aryl methyl sites for hydroxylation is 1. The van der Waals surface area contributed by atoms with E-state index in [1.54, 1.807) is 19.2 Å². The molecule has 5 nitrogen and oxygen atoms in total. The van der Waals surface area contributed by atoms with Crippen molar-refractivity contribution in [1.82, 2.24) is 4.98 Å². The van der Waals surface area contributed by atoms with E-state index in [1.165, 1.54) is 13.2 Å². The molecule has 0 amide bonds. The number of methoxy groups -OCH3 is 2. The molecule has 5 heteroatoms. The second kappa shape index (κ2) is 4.52. The van der Waals surface area contributed by atoms with Crippen molar-refractivity contribution in [2.24, 2.45) is 0 Å². The monoisotopic (exact) mass is 247 g/mol. The van der Waals surface area contributed by atoms with Crippen molar-refractivity contribution in [2.75, 3.05) is 14.2 Å². The number of rotatable bonds is 3. The van der Waals surface area contributed by atoms with Crippen LogP contribution >= 0.6 is 0 Å². The number of pyridine rings is 1. The van der Waals surface area contributed by atoms with Crippen molar-refractivity contribution in [3.63, 3.8) is 0 Å².